The van der Waals surface area contributed by atoms with E-state index in [1.807, 2.05) is 6.08 Å². The maximum Gasteiger partial charge on any atom is 0.309 e. The molecule has 0 radical (unpaired) electrons. The van der Waals surface area contributed by atoms with Gasteiger partial charge in [0.25, 0.3) is 0 Å². The Balaban J connectivity index is 1.41. The van der Waals surface area contributed by atoms with Crippen LogP contribution in [0, 0.1) is 11.8 Å². The Morgan fingerprint density at radius 3 is 2.30 bits per heavy atom. The van der Waals surface area contributed by atoms with E-state index in [0.29, 0.717) is 12.5 Å². The highest BCUT2D eigenvalue weighted by Crippen LogP contribution is 2.36. The molecule has 0 spiro atoms. The van der Waals surface area contributed by atoms with Crippen molar-refractivity contribution >= 4 is 5.97 Å². The summed E-state index contributed by atoms with van der Waals surface area (Å²) in [6.45, 7) is 4.49. The number of allylic oxidation sites excluding steroid dienone is 1. The van der Waals surface area contributed by atoms with Gasteiger partial charge in [-0.25, -0.2) is 0 Å². The average molecular weight is 371 g/mol. The summed E-state index contributed by atoms with van der Waals surface area (Å²) in [5.41, 5.74) is 2.62. The summed E-state index contributed by atoms with van der Waals surface area (Å²) in [6, 6.07) is 8.78. The summed E-state index contributed by atoms with van der Waals surface area (Å²) in [4.78, 5) is 12.5. The highest BCUT2D eigenvalue weighted by atomic mass is 16.5. The fourth-order valence-electron chi connectivity index (χ4n) is 4.70. The molecule has 0 aliphatic heterocycles. The molecule has 0 amide bonds. The molecule has 0 heterocycles. The molecule has 148 valence electrons. The minimum atomic E-state index is 0.0550. The molecule has 0 unspecified atom stereocenters. The first-order valence-electron chi connectivity index (χ1n) is 10.6. The summed E-state index contributed by atoms with van der Waals surface area (Å²) >= 11 is 0. The van der Waals surface area contributed by atoms with Gasteiger partial charge in [-0.15, -0.1) is 6.58 Å². The fraction of sp³-hybridized carbons (Fsp3) is 0.625. The lowest BCUT2D eigenvalue weighted by Crippen LogP contribution is -2.29. The third-order valence-electron chi connectivity index (χ3n) is 6.40. The van der Waals surface area contributed by atoms with Crippen molar-refractivity contribution in [2.75, 3.05) is 7.11 Å². The number of benzene rings is 1. The van der Waals surface area contributed by atoms with Crippen LogP contribution in [-0.2, 0) is 20.9 Å². The van der Waals surface area contributed by atoms with Crippen molar-refractivity contribution in [2.45, 2.75) is 76.4 Å². The molecular weight excluding hydrogens is 336 g/mol. The van der Waals surface area contributed by atoms with E-state index in [9.17, 15) is 4.79 Å². The Labute approximate surface area is 164 Å². The number of hydrogen-bond donors (Lipinski definition) is 0. The van der Waals surface area contributed by atoms with Crippen molar-refractivity contribution in [3.8, 4) is 0 Å². The van der Waals surface area contributed by atoms with Crippen LogP contribution in [0.1, 0.15) is 74.8 Å². The van der Waals surface area contributed by atoms with Gasteiger partial charge in [0, 0.05) is 7.11 Å². The quantitative estimate of drug-likeness (QED) is 0.450. The Kier molecular flexibility index (Phi) is 7.51. The van der Waals surface area contributed by atoms with Gasteiger partial charge in [-0.2, -0.15) is 0 Å². The Hall–Kier alpha value is -1.61. The lowest BCUT2D eigenvalue weighted by atomic mass is 9.80. The molecule has 0 aromatic heterocycles. The third-order valence-corrected chi connectivity index (χ3v) is 6.40. The first-order chi connectivity index (χ1) is 13.2. The van der Waals surface area contributed by atoms with Crippen LogP contribution in [-0.4, -0.2) is 19.2 Å². The van der Waals surface area contributed by atoms with E-state index in [1.165, 1.54) is 11.1 Å². The molecule has 2 saturated carbocycles. The van der Waals surface area contributed by atoms with E-state index in [0.717, 1.165) is 63.7 Å². The molecule has 3 heteroatoms. The largest absolute Gasteiger partial charge is 0.462 e. The molecule has 1 aromatic rings. The van der Waals surface area contributed by atoms with E-state index >= 15 is 0 Å². The number of rotatable bonds is 7. The van der Waals surface area contributed by atoms with Crippen LogP contribution >= 0.6 is 0 Å². The van der Waals surface area contributed by atoms with Crippen molar-refractivity contribution < 1.29 is 14.3 Å². The van der Waals surface area contributed by atoms with Gasteiger partial charge in [0.1, 0.15) is 6.10 Å². The van der Waals surface area contributed by atoms with Gasteiger partial charge in [-0.05, 0) is 80.8 Å². The zero-order chi connectivity index (χ0) is 19.1. The second-order valence-electron chi connectivity index (χ2n) is 8.33. The topological polar surface area (TPSA) is 35.5 Å². The van der Waals surface area contributed by atoms with Crippen molar-refractivity contribution in [2.24, 2.45) is 11.8 Å². The second-order valence-corrected chi connectivity index (χ2v) is 8.33. The fourth-order valence-corrected chi connectivity index (χ4v) is 4.70. The average Bonchev–Trinajstić information content (AvgIpc) is 2.70. The Bertz CT molecular complexity index is 591. The van der Waals surface area contributed by atoms with Gasteiger partial charge in [-0.1, -0.05) is 30.3 Å². The van der Waals surface area contributed by atoms with Crippen LogP contribution < -0.4 is 0 Å². The van der Waals surface area contributed by atoms with E-state index in [1.54, 1.807) is 7.11 Å². The lowest BCUT2D eigenvalue weighted by molar-refractivity contribution is -0.157. The van der Waals surface area contributed by atoms with Crippen molar-refractivity contribution in [3.05, 3.63) is 48.0 Å². The van der Waals surface area contributed by atoms with Gasteiger partial charge in [-0.3, -0.25) is 4.79 Å². The zero-order valence-electron chi connectivity index (χ0n) is 16.7. The minimum absolute atomic E-state index is 0.0550. The number of methoxy groups -OCH3 is 1. The third kappa shape index (κ3) is 5.68. The number of ether oxygens (including phenoxy) is 2. The monoisotopic (exact) mass is 370 g/mol. The van der Waals surface area contributed by atoms with Gasteiger partial charge in [0.2, 0.25) is 0 Å². The first-order valence-corrected chi connectivity index (χ1v) is 10.6. The second kappa shape index (κ2) is 10.1. The summed E-state index contributed by atoms with van der Waals surface area (Å²) in [5, 5.41) is 0. The molecule has 27 heavy (non-hydrogen) atoms. The predicted octanol–water partition coefficient (Wildman–Crippen LogP) is 5.78. The number of hydrogen-bond acceptors (Lipinski definition) is 3. The molecule has 2 aliphatic rings. The molecule has 1 aromatic carbocycles. The smallest absolute Gasteiger partial charge is 0.309 e. The maximum atomic E-state index is 12.5. The predicted molar refractivity (Wildman–Crippen MR) is 109 cm³/mol. The van der Waals surface area contributed by atoms with Crippen LogP contribution in [0.25, 0.3) is 0 Å². The number of carbonyl (C=O) groups is 1. The Morgan fingerprint density at radius 1 is 1.04 bits per heavy atom. The van der Waals surface area contributed by atoms with Crippen molar-refractivity contribution in [1.29, 1.82) is 0 Å². The van der Waals surface area contributed by atoms with E-state index in [-0.39, 0.29) is 18.0 Å². The summed E-state index contributed by atoms with van der Waals surface area (Å²) in [5.74, 6) is 1.49. The zero-order valence-corrected chi connectivity index (χ0v) is 16.7. The molecule has 3 nitrogen and oxygen atoms in total. The van der Waals surface area contributed by atoms with Crippen LogP contribution in [0.15, 0.2) is 36.9 Å². The number of carbonyl (C=O) groups excluding carboxylic acids is 1. The summed E-state index contributed by atoms with van der Waals surface area (Å²) in [6.07, 6.45) is 11.6. The molecule has 0 atom stereocenters. The first kappa shape index (κ1) is 20.1. The van der Waals surface area contributed by atoms with Crippen LogP contribution in [0.3, 0.4) is 0 Å². The van der Waals surface area contributed by atoms with Gasteiger partial charge in [0.05, 0.1) is 12.5 Å². The highest BCUT2D eigenvalue weighted by molar-refractivity contribution is 5.72. The van der Waals surface area contributed by atoms with Gasteiger partial charge >= 0.3 is 5.97 Å². The lowest BCUT2D eigenvalue weighted by Gasteiger charge is -2.31. The normalized spacial score (nSPS) is 28.5. The molecule has 2 aliphatic carbocycles. The molecule has 0 N–H and O–H groups in total. The molecule has 2 fully saturated rings. The summed E-state index contributed by atoms with van der Waals surface area (Å²) < 4.78 is 11.1. The van der Waals surface area contributed by atoms with Crippen molar-refractivity contribution in [3.63, 3.8) is 0 Å². The van der Waals surface area contributed by atoms with E-state index in [4.69, 9.17) is 9.47 Å². The Morgan fingerprint density at radius 2 is 1.70 bits per heavy atom. The molecule has 3 rings (SSSR count). The minimum Gasteiger partial charge on any atom is -0.462 e. The van der Waals surface area contributed by atoms with Crippen LogP contribution in [0.2, 0.25) is 0 Å². The van der Waals surface area contributed by atoms with Crippen molar-refractivity contribution in [1.82, 2.24) is 0 Å². The van der Waals surface area contributed by atoms with E-state index in [2.05, 4.69) is 30.8 Å². The maximum absolute atomic E-state index is 12.5. The standard InChI is InChI=1S/C24H34O3/c1-3-4-18-5-11-22(12-6-18)24(25)27-23-15-13-21(14-16-23)20-9-7-19(8-10-20)17-26-2/h3,7-10,18,21-23H,1,4-6,11-17H2,2H3/t18-,21-,22-,23-. The van der Waals surface area contributed by atoms with Gasteiger partial charge in [0.15, 0.2) is 0 Å². The van der Waals surface area contributed by atoms with Crippen LogP contribution in [0.5, 0.6) is 0 Å². The van der Waals surface area contributed by atoms with Crippen LogP contribution in [0.4, 0.5) is 0 Å². The molecule has 0 saturated heterocycles. The number of esters is 1. The summed E-state index contributed by atoms with van der Waals surface area (Å²) in [7, 11) is 1.73. The van der Waals surface area contributed by atoms with Gasteiger partial charge < -0.3 is 9.47 Å². The van der Waals surface area contributed by atoms with E-state index < -0.39 is 0 Å². The highest BCUT2D eigenvalue weighted by Gasteiger charge is 2.30. The SMILES string of the molecule is C=CC[C@H]1CC[C@H](C(=O)O[C@H]2CC[C@H](c3ccc(COC)cc3)CC2)CC1. The molecular formula is C24H34O3. The molecule has 0 bridgehead atoms.